The molecule has 3 heteroatoms. The second-order valence-corrected chi connectivity index (χ2v) is 9.14. The van der Waals surface area contributed by atoms with E-state index in [4.69, 9.17) is 0 Å². The first-order chi connectivity index (χ1) is 13.7. The van der Waals surface area contributed by atoms with Crippen LogP contribution in [-0.4, -0.2) is 28.8 Å². The fourth-order valence-corrected chi connectivity index (χ4v) is 4.21. The van der Waals surface area contributed by atoms with Crippen LogP contribution in [0.3, 0.4) is 0 Å². The molecule has 0 spiro atoms. The Labute approximate surface area is 175 Å². The molecule has 1 aromatic carbocycles. The maximum absolute atomic E-state index is 10.4. The van der Waals surface area contributed by atoms with Crippen molar-refractivity contribution in [2.75, 3.05) is 13.1 Å². The average molecular weight is 393 g/mol. The molecule has 0 saturated carbocycles. The number of benzene rings is 1. The van der Waals surface area contributed by atoms with Crippen LogP contribution in [0.2, 0.25) is 0 Å². The minimum absolute atomic E-state index is 0.381. The van der Waals surface area contributed by atoms with Crippen molar-refractivity contribution in [3.63, 3.8) is 0 Å². The van der Waals surface area contributed by atoms with Crippen LogP contribution in [0, 0.1) is 0 Å². The third kappa shape index (κ3) is 4.73. The zero-order chi connectivity index (χ0) is 21.2. The van der Waals surface area contributed by atoms with Crippen molar-refractivity contribution in [1.82, 2.24) is 10.3 Å². The Kier molecular flexibility index (Phi) is 6.50. The monoisotopic (exact) mass is 392 g/mol. The Morgan fingerprint density at radius 1 is 1.24 bits per heavy atom. The number of nitrogens with one attached hydrogen (secondary N) is 2. The van der Waals surface area contributed by atoms with E-state index in [1.807, 2.05) is 32.9 Å². The molecule has 3 nitrogen and oxygen atoms in total. The van der Waals surface area contributed by atoms with Gasteiger partial charge in [-0.1, -0.05) is 44.7 Å². The first kappa shape index (κ1) is 21.6. The largest absolute Gasteiger partial charge is 0.386 e. The number of aromatic nitrogens is 1. The van der Waals surface area contributed by atoms with Crippen molar-refractivity contribution in [3.8, 4) is 0 Å². The summed E-state index contributed by atoms with van der Waals surface area (Å²) in [4.78, 5) is 3.66. The van der Waals surface area contributed by atoms with E-state index in [1.54, 1.807) is 0 Å². The van der Waals surface area contributed by atoms with Gasteiger partial charge in [-0.2, -0.15) is 0 Å². The molecule has 0 aliphatic carbocycles. The SMILES string of the molecule is C=C/C=C(\C=C(/C)C(C)(C)O)c1[nH]c2ccc(C3CCNCC3)cc2c1C(C)C. The second kappa shape index (κ2) is 8.73. The van der Waals surface area contributed by atoms with Gasteiger partial charge in [0, 0.05) is 16.6 Å². The predicted molar refractivity (Wildman–Crippen MR) is 125 cm³/mol. The summed E-state index contributed by atoms with van der Waals surface area (Å²) < 4.78 is 0. The Morgan fingerprint density at radius 2 is 1.93 bits per heavy atom. The van der Waals surface area contributed by atoms with Crippen molar-refractivity contribution in [2.45, 2.75) is 64.9 Å². The predicted octanol–water partition coefficient (Wildman–Crippen LogP) is 6.04. The Bertz CT molecular complexity index is 932. The van der Waals surface area contributed by atoms with Crippen LogP contribution in [0.4, 0.5) is 0 Å². The molecule has 0 radical (unpaired) electrons. The van der Waals surface area contributed by atoms with Crippen LogP contribution in [0.1, 0.15) is 76.1 Å². The maximum Gasteiger partial charge on any atom is 0.0801 e. The van der Waals surface area contributed by atoms with E-state index in [9.17, 15) is 5.11 Å². The molecule has 1 aliphatic heterocycles. The Balaban J connectivity index is 2.15. The lowest BCUT2D eigenvalue weighted by atomic mass is 9.88. The molecular formula is C26H36N2O. The van der Waals surface area contributed by atoms with E-state index in [1.165, 1.54) is 34.9 Å². The quantitative estimate of drug-likeness (QED) is 0.525. The Morgan fingerprint density at radius 3 is 2.52 bits per heavy atom. The highest BCUT2D eigenvalue weighted by Crippen LogP contribution is 2.37. The minimum atomic E-state index is -0.855. The number of piperidine rings is 1. The van der Waals surface area contributed by atoms with Gasteiger partial charge in [0.1, 0.15) is 0 Å². The van der Waals surface area contributed by atoms with Gasteiger partial charge in [0.25, 0.3) is 0 Å². The highest BCUT2D eigenvalue weighted by molar-refractivity contribution is 5.92. The normalized spacial score (nSPS) is 17.3. The van der Waals surface area contributed by atoms with Crippen molar-refractivity contribution >= 4 is 16.5 Å². The average Bonchev–Trinajstić information content (AvgIpc) is 3.06. The maximum atomic E-state index is 10.4. The van der Waals surface area contributed by atoms with Gasteiger partial charge in [0.2, 0.25) is 0 Å². The van der Waals surface area contributed by atoms with Gasteiger partial charge in [-0.05, 0) is 92.9 Å². The number of H-pyrrole nitrogens is 1. The Hall–Kier alpha value is -2.10. The highest BCUT2D eigenvalue weighted by atomic mass is 16.3. The topological polar surface area (TPSA) is 48.0 Å². The van der Waals surface area contributed by atoms with Crippen LogP contribution < -0.4 is 5.32 Å². The fourth-order valence-electron chi connectivity index (χ4n) is 4.21. The summed E-state index contributed by atoms with van der Waals surface area (Å²) in [7, 11) is 0. The molecule has 29 heavy (non-hydrogen) atoms. The smallest absolute Gasteiger partial charge is 0.0801 e. The van der Waals surface area contributed by atoms with Gasteiger partial charge in [0.05, 0.1) is 5.60 Å². The number of aliphatic hydroxyl groups is 1. The number of rotatable bonds is 6. The standard InChI is InChI=1S/C26H36N2O/c1-7-8-21(15-18(4)26(5,6)29)25-24(17(2)3)22-16-20(9-10-23(22)28-25)19-11-13-27-14-12-19/h7-10,15-17,19,27-29H,1,11-14H2,2-6H3/b18-15+,21-8+. The lowest BCUT2D eigenvalue weighted by Gasteiger charge is -2.23. The number of hydrogen-bond acceptors (Lipinski definition) is 2. The molecule has 1 saturated heterocycles. The summed E-state index contributed by atoms with van der Waals surface area (Å²) in [5.74, 6) is 1.02. The summed E-state index contributed by atoms with van der Waals surface area (Å²) in [6.45, 7) is 16.2. The molecular weight excluding hydrogens is 356 g/mol. The molecule has 0 bridgehead atoms. The van der Waals surface area contributed by atoms with Gasteiger partial charge in [-0.3, -0.25) is 0 Å². The molecule has 2 aromatic rings. The molecule has 0 amide bonds. The second-order valence-electron chi connectivity index (χ2n) is 9.14. The van der Waals surface area contributed by atoms with E-state index in [2.05, 4.69) is 55.0 Å². The van der Waals surface area contributed by atoms with Crippen LogP contribution >= 0.6 is 0 Å². The summed E-state index contributed by atoms with van der Waals surface area (Å²) in [5.41, 5.74) is 6.21. The van der Waals surface area contributed by atoms with E-state index >= 15 is 0 Å². The third-order valence-corrected chi connectivity index (χ3v) is 6.17. The zero-order valence-electron chi connectivity index (χ0n) is 18.6. The molecule has 1 aliphatic rings. The molecule has 2 heterocycles. The van der Waals surface area contributed by atoms with E-state index < -0.39 is 5.60 Å². The van der Waals surface area contributed by atoms with Gasteiger partial charge < -0.3 is 15.4 Å². The van der Waals surface area contributed by atoms with Crippen molar-refractivity contribution in [2.24, 2.45) is 0 Å². The molecule has 1 fully saturated rings. The lowest BCUT2D eigenvalue weighted by molar-refractivity contribution is 0.120. The molecule has 0 atom stereocenters. The summed E-state index contributed by atoms with van der Waals surface area (Å²) >= 11 is 0. The number of aromatic amines is 1. The summed E-state index contributed by atoms with van der Waals surface area (Å²) in [5, 5.41) is 15.2. The van der Waals surface area contributed by atoms with E-state index in [0.29, 0.717) is 11.8 Å². The number of fused-ring (bicyclic) bond motifs is 1. The van der Waals surface area contributed by atoms with Crippen LogP contribution in [0.15, 0.2) is 48.6 Å². The summed E-state index contributed by atoms with van der Waals surface area (Å²) in [6.07, 6.45) is 8.33. The van der Waals surface area contributed by atoms with Crippen molar-refractivity contribution < 1.29 is 5.11 Å². The number of allylic oxidation sites excluding steroid dienone is 4. The lowest BCUT2D eigenvalue weighted by Crippen LogP contribution is -2.26. The zero-order valence-corrected chi connectivity index (χ0v) is 18.6. The van der Waals surface area contributed by atoms with E-state index in [0.717, 1.165) is 29.9 Å². The van der Waals surface area contributed by atoms with Gasteiger partial charge >= 0.3 is 0 Å². The summed E-state index contributed by atoms with van der Waals surface area (Å²) in [6, 6.07) is 6.93. The number of hydrogen-bond donors (Lipinski definition) is 3. The minimum Gasteiger partial charge on any atom is -0.386 e. The molecule has 3 N–H and O–H groups in total. The molecule has 0 unspecified atom stereocenters. The van der Waals surface area contributed by atoms with Crippen LogP contribution in [0.25, 0.3) is 16.5 Å². The third-order valence-electron chi connectivity index (χ3n) is 6.17. The highest BCUT2D eigenvalue weighted by Gasteiger charge is 2.21. The molecule has 3 rings (SSSR count). The fraction of sp³-hybridized carbons (Fsp3) is 0.462. The van der Waals surface area contributed by atoms with Gasteiger partial charge in [-0.25, -0.2) is 0 Å². The molecule has 156 valence electrons. The van der Waals surface area contributed by atoms with Crippen molar-refractivity contribution in [1.29, 1.82) is 0 Å². The van der Waals surface area contributed by atoms with Crippen LogP contribution in [-0.2, 0) is 0 Å². The van der Waals surface area contributed by atoms with Gasteiger partial charge in [0.15, 0.2) is 0 Å². The van der Waals surface area contributed by atoms with Crippen molar-refractivity contribution in [3.05, 3.63) is 65.4 Å². The first-order valence-electron chi connectivity index (χ1n) is 10.8. The van der Waals surface area contributed by atoms with Gasteiger partial charge in [-0.15, -0.1) is 0 Å². The first-order valence-corrected chi connectivity index (χ1v) is 10.8. The van der Waals surface area contributed by atoms with E-state index in [-0.39, 0.29) is 0 Å². The van der Waals surface area contributed by atoms with Crippen LogP contribution in [0.5, 0.6) is 0 Å². The molecule has 1 aromatic heterocycles.